The first kappa shape index (κ1) is 18.7. The number of alkyl halides is 3. The molecule has 2 aromatic rings. The Bertz CT molecular complexity index is 754. The van der Waals surface area contributed by atoms with Crippen molar-refractivity contribution in [2.24, 2.45) is 0 Å². The van der Waals surface area contributed by atoms with Gasteiger partial charge in [-0.05, 0) is 30.3 Å². The van der Waals surface area contributed by atoms with Crippen molar-refractivity contribution in [2.45, 2.75) is 6.18 Å². The van der Waals surface area contributed by atoms with Crippen LogP contribution in [0.3, 0.4) is 0 Å². The first-order valence-electron chi connectivity index (χ1n) is 6.98. The maximum absolute atomic E-state index is 12.8. The molecule has 0 radical (unpaired) electrons. The number of hydrogen-bond acceptors (Lipinski definition) is 3. The third-order valence-electron chi connectivity index (χ3n) is 3.06. The van der Waals surface area contributed by atoms with E-state index in [0.717, 1.165) is 12.1 Å². The highest BCUT2D eigenvalue weighted by Gasteiger charge is 2.33. The summed E-state index contributed by atoms with van der Waals surface area (Å²) in [5, 5.41) is 4.19. The molecular weight excluding hydrogens is 361 g/mol. The number of anilines is 1. The summed E-state index contributed by atoms with van der Waals surface area (Å²) in [5.41, 5.74) is -1.08. The summed E-state index contributed by atoms with van der Waals surface area (Å²) >= 11 is 5.52. The molecule has 0 heterocycles. The molecule has 0 unspecified atom stereocenters. The number of carbonyl (C=O) groups excluding carboxylic acids is 1. The summed E-state index contributed by atoms with van der Waals surface area (Å²) in [6.07, 6.45) is -4.61. The smallest absolute Gasteiger partial charge is 0.417 e. The molecule has 0 aromatic heterocycles. The zero-order valence-corrected chi connectivity index (χ0v) is 13.7. The summed E-state index contributed by atoms with van der Waals surface area (Å²) in [7, 11) is 1.47. The lowest BCUT2D eigenvalue weighted by Crippen LogP contribution is -2.32. The summed E-state index contributed by atoms with van der Waals surface area (Å²) in [6.45, 7) is -0.202. The zero-order chi connectivity index (χ0) is 18.4. The van der Waals surface area contributed by atoms with Crippen LogP contribution in [0.2, 0.25) is 5.02 Å². The monoisotopic (exact) mass is 374 g/mol. The van der Waals surface area contributed by atoms with Gasteiger partial charge in [-0.25, -0.2) is 4.79 Å². The Morgan fingerprint density at radius 1 is 1.16 bits per heavy atom. The number of benzene rings is 2. The molecule has 2 N–H and O–H groups in total. The second-order valence-electron chi connectivity index (χ2n) is 4.76. The Balaban J connectivity index is 1.92. The molecule has 0 saturated carbocycles. The minimum atomic E-state index is -4.61. The first-order chi connectivity index (χ1) is 11.8. The van der Waals surface area contributed by atoms with E-state index in [4.69, 9.17) is 21.1 Å². The van der Waals surface area contributed by atoms with Crippen LogP contribution in [0.5, 0.6) is 11.5 Å². The predicted octanol–water partition coefficient (Wildman–Crippen LogP) is 4.53. The number of ether oxygens (including phenoxy) is 2. The summed E-state index contributed by atoms with van der Waals surface area (Å²) < 4.78 is 48.8. The molecule has 0 saturated heterocycles. The number of hydrogen-bond donors (Lipinski definition) is 2. The SMILES string of the molecule is COc1ccccc1OCNC(=O)Nc1ccc(Cl)c(C(F)(F)F)c1. The lowest BCUT2D eigenvalue weighted by molar-refractivity contribution is -0.137. The Morgan fingerprint density at radius 2 is 1.84 bits per heavy atom. The fraction of sp³-hybridized carbons (Fsp3) is 0.188. The van der Waals surface area contributed by atoms with Crippen molar-refractivity contribution in [3.8, 4) is 11.5 Å². The topological polar surface area (TPSA) is 59.6 Å². The third kappa shape index (κ3) is 5.18. The minimum Gasteiger partial charge on any atom is -0.493 e. The van der Waals surface area contributed by atoms with Gasteiger partial charge in [-0.3, -0.25) is 0 Å². The Hall–Kier alpha value is -2.61. The average molecular weight is 375 g/mol. The maximum atomic E-state index is 12.8. The normalized spacial score (nSPS) is 10.9. The molecule has 0 aliphatic rings. The molecular formula is C16H14ClF3N2O3. The highest BCUT2D eigenvalue weighted by atomic mass is 35.5. The van der Waals surface area contributed by atoms with Gasteiger partial charge in [0.05, 0.1) is 17.7 Å². The van der Waals surface area contributed by atoms with Gasteiger partial charge in [0.1, 0.15) is 0 Å². The van der Waals surface area contributed by atoms with E-state index >= 15 is 0 Å². The van der Waals surface area contributed by atoms with E-state index < -0.39 is 22.8 Å². The van der Waals surface area contributed by atoms with Crippen LogP contribution in [0.25, 0.3) is 0 Å². The van der Waals surface area contributed by atoms with E-state index in [-0.39, 0.29) is 12.4 Å². The lowest BCUT2D eigenvalue weighted by Gasteiger charge is -2.13. The fourth-order valence-electron chi connectivity index (χ4n) is 1.91. The third-order valence-corrected chi connectivity index (χ3v) is 3.39. The summed E-state index contributed by atoms with van der Waals surface area (Å²) in [6, 6.07) is 9.15. The van der Waals surface area contributed by atoms with Gasteiger partial charge in [-0.1, -0.05) is 23.7 Å². The van der Waals surface area contributed by atoms with Crippen molar-refractivity contribution < 1.29 is 27.4 Å². The Morgan fingerprint density at radius 3 is 2.48 bits per heavy atom. The highest BCUT2D eigenvalue weighted by Crippen LogP contribution is 2.36. The van der Waals surface area contributed by atoms with Gasteiger partial charge in [0.15, 0.2) is 18.2 Å². The zero-order valence-electron chi connectivity index (χ0n) is 13.0. The number of urea groups is 1. The van der Waals surface area contributed by atoms with Crippen molar-refractivity contribution in [3.63, 3.8) is 0 Å². The number of halogens is 4. The second-order valence-corrected chi connectivity index (χ2v) is 5.17. The molecule has 0 atom stereocenters. The number of carbonyl (C=O) groups is 1. The van der Waals surface area contributed by atoms with Gasteiger partial charge in [0, 0.05) is 5.69 Å². The van der Waals surface area contributed by atoms with Crippen molar-refractivity contribution in [3.05, 3.63) is 53.1 Å². The fourth-order valence-corrected chi connectivity index (χ4v) is 2.14. The van der Waals surface area contributed by atoms with Crippen molar-refractivity contribution >= 4 is 23.3 Å². The second kappa shape index (κ2) is 7.98. The first-order valence-corrected chi connectivity index (χ1v) is 7.36. The maximum Gasteiger partial charge on any atom is 0.417 e. The van der Waals surface area contributed by atoms with Gasteiger partial charge in [0.25, 0.3) is 0 Å². The molecule has 5 nitrogen and oxygen atoms in total. The van der Waals surface area contributed by atoms with Gasteiger partial charge < -0.3 is 20.1 Å². The van der Waals surface area contributed by atoms with Gasteiger partial charge >= 0.3 is 12.2 Å². The van der Waals surface area contributed by atoms with E-state index in [9.17, 15) is 18.0 Å². The van der Waals surface area contributed by atoms with E-state index in [2.05, 4.69) is 10.6 Å². The molecule has 2 amide bonds. The number of methoxy groups -OCH3 is 1. The Kier molecular flexibility index (Phi) is 5.97. The van der Waals surface area contributed by atoms with Gasteiger partial charge in [0.2, 0.25) is 0 Å². The van der Waals surface area contributed by atoms with Crippen LogP contribution in [0.15, 0.2) is 42.5 Å². The van der Waals surface area contributed by atoms with Crippen LogP contribution in [0.4, 0.5) is 23.7 Å². The van der Waals surface area contributed by atoms with Crippen LogP contribution < -0.4 is 20.1 Å². The standard InChI is InChI=1S/C16H14ClF3N2O3/c1-24-13-4-2-3-5-14(13)25-9-21-15(23)22-10-6-7-12(17)11(8-10)16(18,19)20/h2-8H,9H2,1H3,(H2,21,22,23). The minimum absolute atomic E-state index is 0.0495. The van der Waals surface area contributed by atoms with Crippen LogP contribution in [0.1, 0.15) is 5.56 Å². The van der Waals surface area contributed by atoms with E-state index in [1.54, 1.807) is 24.3 Å². The van der Waals surface area contributed by atoms with E-state index in [0.29, 0.717) is 11.5 Å². The van der Waals surface area contributed by atoms with Crippen molar-refractivity contribution in [1.29, 1.82) is 0 Å². The van der Waals surface area contributed by atoms with Crippen molar-refractivity contribution in [1.82, 2.24) is 5.32 Å². The largest absolute Gasteiger partial charge is 0.493 e. The van der Waals surface area contributed by atoms with E-state index in [1.807, 2.05) is 0 Å². The number of nitrogens with one attached hydrogen (secondary N) is 2. The molecule has 0 aliphatic carbocycles. The van der Waals surface area contributed by atoms with Crippen LogP contribution >= 0.6 is 11.6 Å². The highest BCUT2D eigenvalue weighted by molar-refractivity contribution is 6.31. The van der Waals surface area contributed by atoms with Crippen LogP contribution in [-0.4, -0.2) is 19.9 Å². The molecule has 0 bridgehead atoms. The van der Waals surface area contributed by atoms with E-state index in [1.165, 1.54) is 13.2 Å². The van der Waals surface area contributed by atoms with Crippen LogP contribution in [-0.2, 0) is 6.18 Å². The van der Waals surface area contributed by atoms with Crippen molar-refractivity contribution in [2.75, 3.05) is 19.2 Å². The molecule has 2 rings (SSSR count). The number of amides is 2. The summed E-state index contributed by atoms with van der Waals surface area (Å²) in [5.74, 6) is 0.897. The molecule has 25 heavy (non-hydrogen) atoms. The van der Waals surface area contributed by atoms with Crippen LogP contribution in [0, 0.1) is 0 Å². The molecule has 134 valence electrons. The molecule has 0 fully saturated rings. The molecule has 0 aliphatic heterocycles. The molecule has 0 spiro atoms. The van der Waals surface area contributed by atoms with Gasteiger partial charge in [-0.2, -0.15) is 13.2 Å². The number of rotatable bonds is 5. The predicted molar refractivity (Wildman–Crippen MR) is 87.1 cm³/mol. The molecule has 2 aromatic carbocycles. The average Bonchev–Trinajstić information content (AvgIpc) is 2.56. The lowest BCUT2D eigenvalue weighted by atomic mass is 10.2. The molecule has 9 heteroatoms. The summed E-state index contributed by atoms with van der Waals surface area (Å²) in [4.78, 5) is 11.8. The quantitative estimate of drug-likeness (QED) is 0.756. The number of para-hydroxylation sites is 2. The van der Waals surface area contributed by atoms with Gasteiger partial charge in [-0.15, -0.1) is 0 Å². The Labute approximate surface area is 146 Å².